The Morgan fingerprint density at radius 1 is 1.35 bits per heavy atom. The van der Waals surface area contributed by atoms with Gasteiger partial charge in [0.25, 0.3) is 5.91 Å². The summed E-state index contributed by atoms with van der Waals surface area (Å²) in [5, 5.41) is 3.09. The Hall–Kier alpha value is -1.49. The summed E-state index contributed by atoms with van der Waals surface area (Å²) in [5.74, 6) is 0.0225. The maximum Gasteiger partial charge on any atom is 0.311 e. The van der Waals surface area contributed by atoms with Crippen LogP contribution in [0.15, 0.2) is 16.5 Å². The van der Waals surface area contributed by atoms with Gasteiger partial charge in [0, 0.05) is 6.04 Å². The fourth-order valence-electron chi connectivity index (χ4n) is 3.63. The van der Waals surface area contributed by atoms with Gasteiger partial charge in [-0.1, -0.05) is 0 Å². The first-order valence-corrected chi connectivity index (χ1v) is 7.12. The summed E-state index contributed by atoms with van der Waals surface area (Å²) < 4.78 is 9.97. The summed E-state index contributed by atoms with van der Waals surface area (Å²) in [6, 6.07) is 2.88. The fraction of sp³-hybridized carbons (Fsp3) is 0.571. The lowest BCUT2D eigenvalue weighted by molar-refractivity contribution is -0.148. The van der Waals surface area contributed by atoms with E-state index < -0.39 is 0 Å². The number of fused-ring (bicyclic) bond motifs is 2. The number of amides is 1. The van der Waals surface area contributed by atoms with Crippen LogP contribution >= 0.6 is 11.6 Å². The van der Waals surface area contributed by atoms with Crippen molar-refractivity contribution in [2.75, 3.05) is 7.11 Å². The second-order valence-corrected chi connectivity index (χ2v) is 5.86. The van der Waals surface area contributed by atoms with E-state index in [4.69, 9.17) is 20.8 Å². The number of halogens is 1. The normalized spacial score (nSPS) is 31.3. The highest BCUT2D eigenvalue weighted by atomic mass is 35.5. The molecule has 0 radical (unpaired) electrons. The average Bonchev–Trinajstić information content (AvgIpc) is 3.13. The molecule has 1 N–H and O–H groups in total. The van der Waals surface area contributed by atoms with Crippen molar-refractivity contribution < 1.29 is 18.7 Å². The van der Waals surface area contributed by atoms with Gasteiger partial charge in [-0.25, -0.2) is 0 Å². The van der Waals surface area contributed by atoms with E-state index in [1.807, 2.05) is 0 Å². The lowest BCUT2D eigenvalue weighted by atomic mass is 9.84. The smallest absolute Gasteiger partial charge is 0.311 e. The molecule has 3 rings (SSSR count). The zero-order chi connectivity index (χ0) is 14.3. The molecule has 0 aliphatic heterocycles. The molecule has 6 heteroatoms. The summed E-state index contributed by atoms with van der Waals surface area (Å²) in [6.07, 6.45) is 3.05. The molecule has 1 heterocycles. The van der Waals surface area contributed by atoms with Crippen molar-refractivity contribution >= 4 is 23.5 Å². The van der Waals surface area contributed by atoms with Gasteiger partial charge in [0.05, 0.1) is 13.0 Å². The van der Waals surface area contributed by atoms with Gasteiger partial charge in [-0.2, -0.15) is 0 Å². The van der Waals surface area contributed by atoms with Crippen molar-refractivity contribution in [1.29, 1.82) is 0 Å². The van der Waals surface area contributed by atoms with Crippen LogP contribution in [0.2, 0.25) is 5.22 Å². The molecule has 2 saturated carbocycles. The van der Waals surface area contributed by atoms with Crippen LogP contribution in [0.1, 0.15) is 29.8 Å². The molecular weight excluding hydrogens is 282 g/mol. The highest BCUT2D eigenvalue weighted by Gasteiger charge is 2.52. The quantitative estimate of drug-likeness (QED) is 0.869. The van der Waals surface area contributed by atoms with Gasteiger partial charge in [-0.05, 0) is 54.8 Å². The first kappa shape index (κ1) is 13.5. The molecule has 2 fully saturated rings. The molecule has 2 bridgehead atoms. The Bertz CT molecular complexity index is 541. The highest BCUT2D eigenvalue weighted by Crippen LogP contribution is 2.49. The zero-order valence-electron chi connectivity index (χ0n) is 11.1. The topological polar surface area (TPSA) is 68.5 Å². The van der Waals surface area contributed by atoms with Crippen LogP contribution in [0.25, 0.3) is 0 Å². The minimum absolute atomic E-state index is 0.168. The van der Waals surface area contributed by atoms with E-state index >= 15 is 0 Å². The number of hydrogen-bond donors (Lipinski definition) is 1. The molecule has 0 spiro atoms. The van der Waals surface area contributed by atoms with Crippen molar-refractivity contribution in [2.45, 2.75) is 25.3 Å². The summed E-state index contributed by atoms with van der Waals surface area (Å²) in [4.78, 5) is 24.0. The van der Waals surface area contributed by atoms with Crippen molar-refractivity contribution in [1.82, 2.24) is 5.32 Å². The van der Waals surface area contributed by atoms with Gasteiger partial charge in [-0.15, -0.1) is 0 Å². The number of carbonyl (C=O) groups is 2. The summed E-state index contributed by atoms with van der Waals surface area (Å²) in [7, 11) is 1.39. The summed E-state index contributed by atoms with van der Waals surface area (Å²) in [6.45, 7) is 0. The van der Waals surface area contributed by atoms with Crippen molar-refractivity contribution in [3.8, 4) is 0 Å². The van der Waals surface area contributed by atoms with Crippen LogP contribution in [0.5, 0.6) is 0 Å². The predicted molar refractivity (Wildman–Crippen MR) is 71.3 cm³/mol. The van der Waals surface area contributed by atoms with Crippen LogP contribution in [0, 0.1) is 17.8 Å². The van der Waals surface area contributed by atoms with E-state index in [1.165, 1.54) is 19.2 Å². The Kier molecular flexibility index (Phi) is 3.46. The van der Waals surface area contributed by atoms with Crippen LogP contribution in [-0.2, 0) is 9.53 Å². The maximum absolute atomic E-state index is 12.1. The fourth-order valence-corrected chi connectivity index (χ4v) is 3.78. The SMILES string of the molecule is COC(=O)[C@H]1[C@H]2CC[C@@H](C2)[C@H]1NC(=O)c1ccc(Cl)o1. The number of furan rings is 1. The lowest BCUT2D eigenvalue weighted by Gasteiger charge is -2.29. The zero-order valence-corrected chi connectivity index (χ0v) is 11.9. The second-order valence-electron chi connectivity index (χ2n) is 5.49. The monoisotopic (exact) mass is 297 g/mol. The van der Waals surface area contributed by atoms with E-state index in [0.717, 1.165) is 19.3 Å². The molecular formula is C14H16ClNO4. The molecule has 20 heavy (non-hydrogen) atoms. The number of hydrogen-bond acceptors (Lipinski definition) is 4. The molecule has 0 saturated heterocycles. The molecule has 108 valence electrons. The third kappa shape index (κ3) is 2.20. The van der Waals surface area contributed by atoms with E-state index in [9.17, 15) is 9.59 Å². The molecule has 2 aliphatic carbocycles. The Morgan fingerprint density at radius 2 is 2.10 bits per heavy atom. The van der Waals surface area contributed by atoms with E-state index in [1.54, 1.807) is 0 Å². The third-order valence-electron chi connectivity index (χ3n) is 4.48. The van der Waals surface area contributed by atoms with Crippen LogP contribution in [0.3, 0.4) is 0 Å². The number of rotatable bonds is 3. The molecule has 0 unspecified atom stereocenters. The molecule has 2 aliphatic rings. The molecule has 4 atom stereocenters. The molecule has 1 aromatic heterocycles. The average molecular weight is 298 g/mol. The van der Waals surface area contributed by atoms with Gasteiger partial charge in [-0.3, -0.25) is 9.59 Å². The van der Waals surface area contributed by atoms with Crippen molar-refractivity contribution in [3.05, 3.63) is 23.1 Å². The first-order chi connectivity index (χ1) is 9.60. The van der Waals surface area contributed by atoms with E-state index in [-0.39, 0.29) is 34.8 Å². The minimum Gasteiger partial charge on any atom is -0.469 e. The Labute approximate surface area is 121 Å². The lowest BCUT2D eigenvalue weighted by Crippen LogP contribution is -2.47. The number of esters is 1. The number of carbonyl (C=O) groups excluding carboxylic acids is 2. The molecule has 1 amide bonds. The number of nitrogens with one attached hydrogen (secondary N) is 1. The first-order valence-electron chi connectivity index (χ1n) is 6.74. The minimum atomic E-state index is -0.330. The maximum atomic E-state index is 12.1. The molecule has 0 aromatic carbocycles. The second kappa shape index (κ2) is 5.13. The summed E-state index contributed by atoms with van der Waals surface area (Å²) in [5.41, 5.74) is 0. The van der Waals surface area contributed by atoms with Crippen molar-refractivity contribution in [2.24, 2.45) is 17.8 Å². The number of ether oxygens (including phenoxy) is 1. The predicted octanol–water partition coefficient (Wildman–Crippen LogP) is 2.25. The third-order valence-corrected chi connectivity index (χ3v) is 4.69. The van der Waals surface area contributed by atoms with Crippen LogP contribution in [0.4, 0.5) is 0 Å². The largest absolute Gasteiger partial charge is 0.469 e. The van der Waals surface area contributed by atoms with Gasteiger partial charge in [0.2, 0.25) is 0 Å². The molecule has 5 nitrogen and oxygen atoms in total. The van der Waals surface area contributed by atoms with Gasteiger partial charge in [0.15, 0.2) is 11.0 Å². The van der Waals surface area contributed by atoms with Crippen LogP contribution in [-0.4, -0.2) is 25.0 Å². The Balaban J connectivity index is 1.75. The van der Waals surface area contributed by atoms with Gasteiger partial charge in [0.1, 0.15) is 0 Å². The Morgan fingerprint density at radius 3 is 2.75 bits per heavy atom. The highest BCUT2D eigenvalue weighted by molar-refractivity contribution is 6.29. The van der Waals surface area contributed by atoms with Crippen LogP contribution < -0.4 is 5.32 Å². The standard InChI is InChI=1S/C14H16ClNO4/c1-19-14(18)11-7-2-3-8(6-7)12(11)16-13(17)9-4-5-10(15)20-9/h4-5,7-8,11-12H,2-3,6H2,1H3,(H,16,17)/t7-,8-,11-,12+/m0/s1. The van der Waals surface area contributed by atoms with E-state index in [2.05, 4.69) is 5.32 Å². The van der Waals surface area contributed by atoms with Gasteiger partial charge < -0.3 is 14.5 Å². The van der Waals surface area contributed by atoms with E-state index in [0.29, 0.717) is 11.8 Å². The summed E-state index contributed by atoms with van der Waals surface area (Å²) >= 11 is 5.66. The molecule has 1 aromatic rings. The van der Waals surface area contributed by atoms with Crippen molar-refractivity contribution in [3.63, 3.8) is 0 Å². The number of methoxy groups -OCH3 is 1. The van der Waals surface area contributed by atoms with Gasteiger partial charge >= 0.3 is 5.97 Å².